The summed E-state index contributed by atoms with van der Waals surface area (Å²) in [7, 11) is 0. The number of carbonyl (C=O) groups excluding carboxylic acids is 2. The Hall–Kier alpha value is -2.89. The minimum Gasteiger partial charge on any atom is -0.488 e. The lowest BCUT2D eigenvalue weighted by molar-refractivity contribution is -0.124. The molecule has 0 aliphatic carbocycles. The molecule has 0 aliphatic rings. The van der Waals surface area contributed by atoms with Crippen molar-refractivity contribution >= 4 is 11.9 Å². The Morgan fingerprint density at radius 1 is 1.11 bits per heavy atom. The van der Waals surface area contributed by atoms with Gasteiger partial charge < -0.3 is 14.8 Å². The van der Waals surface area contributed by atoms with Crippen molar-refractivity contribution < 1.29 is 23.5 Å². The van der Waals surface area contributed by atoms with Crippen LogP contribution in [0.15, 0.2) is 48.5 Å². The molecule has 0 aliphatic heterocycles. The van der Waals surface area contributed by atoms with Gasteiger partial charge in [-0.3, -0.25) is 4.79 Å². The molecule has 0 aromatic heterocycles. The van der Waals surface area contributed by atoms with Gasteiger partial charge in [0.1, 0.15) is 23.7 Å². The van der Waals surface area contributed by atoms with Crippen LogP contribution in [-0.2, 0) is 16.1 Å². The predicted octanol–water partition coefficient (Wildman–Crippen LogP) is 3.87. The molecule has 1 atom stereocenters. The molecule has 6 heteroatoms. The van der Waals surface area contributed by atoms with Crippen LogP contribution >= 0.6 is 0 Å². The number of hydrogen-bond acceptors (Lipinski definition) is 4. The summed E-state index contributed by atoms with van der Waals surface area (Å²) in [6, 6.07) is 12.6. The van der Waals surface area contributed by atoms with Crippen LogP contribution in [-0.4, -0.2) is 24.5 Å². The largest absolute Gasteiger partial charge is 0.488 e. The molecule has 0 heterocycles. The second kappa shape index (κ2) is 10.3. The van der Waals surface area contributed by atoms with E-state index in [2.05, 4.69) is 5.32 Å². The van der Waals surface area contributed by atoms with E-state index in [4.69, 9.17) is 9.47 Å². The van der Waals surface area contributed by atoms with Crippen molar-refractivity contribution in [3.8, 4) is 5.75 Å². The average molecular weight is 373 g/mol. The van der Waals surface area contributed by atoms with Crippen molar-refractivity contribution in [2.24, 2.45) is 0 Å². The number of para-hydroxylation sites is 1. The minimum absolute atomic E-state index is 0.0348. The summed E-state index contributed by atoms with van der Waals surface area (Å²) in [5.41, 5.74) is 0.998. The van der Waals surface area contributed by atoms with Crippen molar-refractivity contribution in [1.82, 2.24) is 5.32 Å². The molecule has 1 N–H and O–H groups in total. The molecule has 0 saturated carbocycles. The number of carbonyl (C=O) groups is 2. The van der Waals surface area contributed by atoms with Gasteiger partial charge in [-0.2, -0.15) is 0 Å². The summed E-state index contributed by atoms with van der Waals surface area (Å²) >= 11 is 0. The van der Waals surface area contributed by atoms with Crippen molar-refractivity contribution in [2.45, 2.75) is 39.3 Å². The minimum atomic E-state index is -0.636. The van der Waals surface area contributed by atoms with E-state index < -0.39 is 5.97 Å². The summed E-state index contributed by atoms with van der Waals surface area (Å²) < 4.78 is 23.7. The first-order valence-electron chi connectivity index (χ1n) is 8.92. The normalized spacial score (nSPS) is 11.5. The first-order chi connectivity index (χ1) is 13.0. The van der Waals surface area contributed by atoms with Gasteiger partial charge in [-0.15, -0.1) is 0 Å². The highest BCUT2D eigenvalue weighted by Gasteiger charge is 2.16. The van der Waals surface area contributed by atoms with Crippen LogP contribution in [0.25, 0.3) is 0 Å². The lowest BCUT2D eigenvalue weighted by atomic mass is 10.2. The van der Waals surface area contributed by atoms with E-state index in [-0.39, 0.29) is 36.5 Å². The summed E-state index contributed by atoms with van der Waals surface area (Å²) in [5, 5.41) is 2.78. The molecule has 1 amide bonds. The van der Waals surface area contributed by atoms with Gasteiger partial charge in [0.15, 0.2) is 6.61 Å². The van der Waals surface area contributed by atoms with Crippen LogP contribution in [0.2, 0.25) is 0 Å². The third kappa shape index (κ3) is 6.73. The zero-order valence-corrected chi connectivity index (χ0v) is 15.5. The Bertz CT molecular complexity index is 761. The number of halogens is 1. The zero-order chi connectivity index (χ0) is 19.6. The molecule has 0 radical (unpaired) electrons. The highest BCUT2D eigenvalue weighted by Crippen LogP contribution is 2.20. The molecule has 2 rings (SSSR count). The topological polar surface area (TPSA) is 64.6 Å². The summed E-state index contributed by atoms with van der Waals surface area (Å²) in [6.45, 7) is 3.77. The summed E-state index contributed by atoms with van der Waals surface area (Å²) in [6.07, 6.45) is 1.82. The number of esters is 1. The summed E-state index contributed by atoms with van der Waals surface area (Å²) in [5.74, 6) is -0.960. The van der Waals surface area contributed by atoms with Gasteiger partial charge in [-0.1, -0.05) is 37.6 Å². The number of amides is 1. The van der Waals surface area contributed by atoms with E-state index in [1.165, 1.54) is 12.1 Å². The number of nitrogens with one attached hydrogen (secondary N) is 1. The van der Waals surface area contributed by atoms with E-state index in [1.807, 2.05) is 13.8 Å². The maximum absolute atomic E-state index is 13.0. The van der Waals surface area contributed by atoms with Crippen molar-refractivity contribution in [3.05, 3.63) is 65.5 Å². The second-order valence-electron chi connectivity index (χ2n) is 6.24. The van der Waals surface area contributed by atoms with Crippen LogP contribution < -0.4 is 10.1 Å². The van der Waals surface area contributed by atoms with Gasteiger partial charge >= 0.3 is 5.97 Å². The summed E-state index contributed by atoms with van der Waals surface area (Å²) in [4.78, 5) is 24.1. The second-order valence-corrected chi connectivity index (χ2v) is 6.24. The first-order valence-corrected chi connectivity index (χ1v) is 8.92. The molecule has 2 aromatic rings. The molecule has 0 spiro atoms. The Morgan fingerprint density at radius 2 is 1.81 bits per heavy atom. The first kappa shape index (κ1) is 20.4. The molecule has 144 valence electrons. The standard InChI is InChI=1S/C21H24FNO4/c1-3-6-15(2)23-20(24)14-27-21(25)18-7-4-5-8-19(18)26-13-16-9-11-17(22)12-10-16/h4-5,7-12,15H,3,6,13-14H2,1-2H3,(H,23,24). The van der Waals surface area contributed by atoms with Gasteiger partial charge in [0.2, 0.25) is 0 Å². The molecule has 0 bridgehead atoms. The van der Waals surface area contributed by atoms with Crippen LogP contribution in [0.4, 0.5) is 4.39 Å². The molecule has 0 fully saturated rings. The van der Waals surface area contributed by atoms with E-state index in [1.54, 1.807) is 36.4 Å². The molecule has 1 unspecified atom stereocenters. The Labute approximate surface area is 158 Å². The van der Waals surface area contributed by atoms with E-state index in [0.29, 0.717) is 5.75 Å². The van der Waals surface area contributed by atoms with Crippen LogP contribution in [0.5, 0.6) is 5.75 Å². The maximum Gasteiger partial charge on any atom is 0.342 e. The molecule has 5 nitrogen and oxygen atoms in total. The lowest BCUT2D eigenvalue weighted by Crippen LogP contribution is -2.35. The van der Waals surface area contributed by atoms with Gasteiger partial charge in [-0.05, 0) is 43.2 Å². The fourth-order valence-electron chi connectivity index (χ4n) is 2.53. The van der Waals surface area contributed by atoms with Crippen molar-refractivity contribution in [2.75, 3.05) is 6.61 Å². The molecule has 27 heavy (non-hydrogen) atoms. The molecule has 0 saturated heterocycles. The third-order valence-corrected chi connectivity index (χ3v) is 3.88. The molecular weight excluding hydrogens is 349 g/mol. The van der Waals surface area contributed by atoms with Crippen LogP contribution in [0, 0.1) is 5.82 Å². The fraction of sp³-hybridized carbons (Fsp3) is 0.333. The third-order valence-electron chi connectivity index (χ3n) is 3.88. The van der Waals surface area contributed by atoms with Gasteiger partial charge in [0.05, 0.1) is 0 Å². The average Bonchev–Trinajstić information content (AvgIpc) is 2.66. The Morgan fingerprint density at radius 3 is 2.52 bits per heavy atom. The van der Waals surface area contributed by atoms with Crippen LogP contribution in [0.3, 0.4) is 0 Å². The molecule has 2 aromatic carbocycles. The Balaban J connectivity index is 1.92. The number of rotatable bonds is 9. The van der Waals surface area contributed by atoms with Crippen LogP contribution in [0.1, 0.15) is 42.6 Å². The monoisotopic (exact) mass is 373 g/mol. The van der Waals surface area contributed by atoms with E-state index in [9.17, 15) is 14.0 Å². The fourth-order valence-corrected chi connectivity index (χ4v) is 2.53. The number of benzene rings is 2. The quantitative estimate of drug-likeness (QED) is 0.678. The highest BCUT2D eigenvalue weighted by atomic mass is 19.1. The maximum atomic E-state index is 13.0. The van der Waals surface area contributed by atoms with Crippen molar-refractivity contribution in [3.63, 3.8) is 0 Å². The number of ether oxygens (including phenoxy) is 2. The lowest BCUT2D eigenvalue weighted by Gasteiger charge is -2.14. The van der Waals surface area contributed by atoms with E-state index >= 15 is 0 Å². The zero-order valence-electron chi connectivity index (χ0n) is 15.5. The van der Waals surface area contributed by atoms with Gasteiger partial charge in [-0.25, -0.2) is 9.18 Å². The molecular formula is C21H24FNO4. The number of hydrogen-bond donors (Lipinski definition) is 1. The van der Waals surface area contributed by atoms with E-state index in [0.717, 1.165) is 18.4 Å². The van der Waals surface area contributed by atoms with Gasteiger partial charge in [0, 0.05) is 6.04 Å². The van der Waals surface area contributed by atoms with Gasteiger partial charge in [0.25, 0.3) is 5.91 Å². The Kier molecular flexibility index (Phi) is 7.79. The smallest absolute Gasteiger partial charge is 0.342 e. The highest BCUT2D eigenvalue weighted by molar-refractivity contribution is 5.94. The van der Waals surface area contributed by atoms with Crippen molar-refractivity contribution in [1.29, 1.82) is 0 Å². The SMILES string of the molecule is CCCC(C)NC(=O)COC(=O)c1ccccc1OCc1ccc(F)cc1. The predicted molar refractivity (Wildman–Crippen MR) is 100.0 cm³/mol.